The Morgan fingerprint density at radius 3 is 1.85 bits per heavy atom. The molecule has 0 aliphatic carbocycles. The molecule has 1 atom stereocenters. The van der Waals surface area contributed by atoms with Crippen LogP contribution in [-0.2, 0) is 0 Å². The number of hydrogen-bond acceptors (Lipinski definition) is 0. The third-order valence-corrected chi connectivity index (χ3v) is 4.58. The maximum absolute atomic E-state index is 2.37. The molecule has 0 saturated heterocycles. The van der Waals surface area contributed by atoms with E-state index < -0.39 is 0 Å². The Balaban J connectivity index is 2.22. The molecular weight excluding hydrogens is 242 g/mol. The third-order valence-electron chi connectivity index (χ3n) is 4.58. The molecule has 1 nitrogen and oxygen atoms in total. The molecule has 1 heteroatoms. The van der Waals surface area contributed by atoms with Crippen LogP contribution in [0.25, 0.3) is 0 Å². The molecule has 20 heavy (non-hydrogen) atoms. The Hall–Kier alpha value is -0.820. The van der Waals surface area contributed by atoms with E-state index in [1.54, 1.807) is 0 Å². The van der Waals surface area contributed by atoms with Crippen molar-refractivity contribution in [2.45, 2.75) is 65.2 Å². The molecule has 1 aromatic carbocycles. The summed E-state index contributed by atoms with van der Waals surface area (Å²) in [6.45, 7) is 7.04. The fourth-order valence-corrected chi connectivity index (χ4v) is 2.85. The summed E-state index contributed by atoms with van der Waals surface area (Å²) in [6.07, 6.45) is 11.2. The van der Waals surface area contributed by atoms with Crippen LogP contribution in [0.4, 0.5) is 5.69 Å². The lowest BCUT2D eigenvalue weighted by atomic mass is 10.1. The zero-order valence-electron chi connectivity index (χ0n) is 13.9. The SMILES string of the molecule is CCCCCCCCCC[N+](C)(CC)c1ccccc1. The molecule has 0 saturated carbocycles. The number of benzene rings is 1. The van der Waals surface area contributed by atoms with Crippen molar-refractivity contribution in [2.75, 3.05) is 20.1 Å². The maximum Gasteiger partial charge on any atom is 0.132 e. The van der Waals surface area contributed by atoms with E-state index in [0.717, 1.165) is 4.48 Å². The van der Waals surface area contributed by atoms with E-state index in [1.807, 2.05) is 0 Å². The predicted octanol–water partition coefficient (Wildman–Crippen LogP) is 5.78. The normalized spacial score (nSPS) is 14.2. The van der Waals surface area contributed by atoms with E-state index in [2.05, 4.69) is 51.2 Å². The summed E-state index contributed by atoms with van der Waals surface area (Å²) in [4.78, 5) is 0. The Morgan fingerprint density at radius 2 is 1.30 bits per heavy atom. The van der Waals surface area contributed by atoms with Gasteiger partial charge in [-0.15, -0.1) is 0 Å². The van der Waals surface area contributed by atoms with Crippen molar-refractivity contribution in [1.29, 1.82) is 0 Å². The lowest BCUT2D eigenvalue weighted by Crippen LogP contribution is -2.45. The van der Waals surface area contributed by atoms with Crippen LogP contribution in [0.1, 0.15) is 65.2 Å². The van der Waals surface area contributed by atoms with Gasteiger partial charge in [-0.05, 0) is 31.9 Å². The van der Waals surface area contributed by atoms with Crippen molar-refractivity contribution in [3.63, 3.8) is 0 Å². The Kier molecular flexibility index (Phi) is 8.60. The first-order valence-corrected chi connectivity index (χ1v) is 8.63. The molecule has 0 amide bonds. The van der Waals surface area contributed by atoms with E-state index in [0.29, 0.717) is 0 Å². The van der Waals surface area contributed by atoms with Crippen molar-refractivity contribution in [3.8, 4) is 0 Å². The minimum Gasteiger partial charge on any atom is -0.294 e. The molecule has 0 heterocycles. The van der Waals surface area contributed by atoms with Gasteiger partial charge in [0.05, 0.1) is 20.1 Å². The van der Waals surface area contributed by atoms with Crippen molar-refractivity contribution < 1.29 is 0 Å². The van der Waals surface area contributed by atoms with Gasteiger partial charge in [-0.1, -0.05) is 63.6 Å². The molecule has 0 aliphatic heterocycles. The molecule has 1 rings (SSSR count). The second-order valence-electron chi connectivity index (χ2n) is 6.25. The van der Waals surface area contributed by atoms with E-state index in [-0.39, 0.29) is 0 Å². The quantitative estimate of drug-likeness (QED) is 0.355. The van der Waals surface area contributed by atoms with Gasteiger partial charge >= 0.3 is 0 Å². The molecule has 0 N–H and O–H groups in total. The van der Waals surface area contributed by atoms with E-state index in [1.165, 1.54) is 70.1 Å². The molecule has 0 aliphatic rings. The van der Waals surface area contributed by atoms with Gasteiger partial charge in [0, 0.05) is 0 Å². The number of unbranched alkanes of at least 4 members (excludes halogenated alkanes) is 7. The Bertz CT molecular complexity index is 333. The summed E-state index contributed by atoms with van der Waals surface area (Å²) < 4.78 is 1.08. The fraction of sp³-hybridized carbons (Fsp3) is 0.684. The first-order valence-electron chi connectivity index (χ1n) is 8.63. The summed E-state index contributed by atoms with van der Waals surface area (Å²) in [5.74, 6) is 0. The molecule has 0 spiro atoms. The molecule has 0 bridgehead atoms. The molecule has 114 valence electrons. The fourth-order valence-electron chi connectivity index (χ4n) is 2.85. The first kappa shape index (κ1) is 17.2. The van der Waals surface area contributed by atoms with Crippen LogP contribution in [0.2, 0.25) is 0 Å². The topological polar surface area (TPSA) is 0 Å². The highest BCUT2D eigenvalue weighted by Gasteiger charge is 2.21. The smallest absolute Gasteiger partial charge is 0.132 e. The minimum absolute atomic E-state index is 1.08. The lowest BCUT2D eigenvalue weighted by Gasteiger charge is -2.33. The average molecular weight is 276 g/mol. The summed E-state index contributed by atoms with van der Waals surface area (Å²) in [5, 5.41) is 0. The highest BCUT2D eigenvalue weighted by molar-refractivity contribution is 5.41. The van der Waals surface area contributed by atoms with Crippen LogP contribution in [0, 0.1) is 0 Å². The molecule has 1 unspecified atom stereocenters. The summed E-state index contributed by atoms with van der Waals surface area (Å²) in [6, 6.07) is 11.0. The van der Waals surface area contributed by atoms with E-state index in [9.17, 15) is 0 Å². The van der Waals surface area contributed by atoms with Gasteiger partial charge in [-0.3, -0.25) is 4.48 Å². The largest absolute Gasteiger partial charge is 0.294 e. The summed E-state index contributed by atoms with van der Waals surface area (Å²) >= 11 is 0. The molecule has 0 radical (unpaired) electrons. The van der Waals surface area contributed by atoms with Crippen molar-refractivity contribution in [2.24, 2.45) is 0 Å². The van der Waals surface area contributed by atoms with Crippen LogP contribution in [0.15, 0.2) is 30.3 Å². The van der Waals surface area contributed by atoms with Gasteiger partial charge in [0.1, 0.15) is 5.69 Å². The van der Waals surface area contributed by atoms with Gasteiger partial charge in [-0.25, -0.2) is 0 Å². The number of para-hydroxylation sites is 1. The van der Waals surface area contributed by atoms with Crippen LogP contribution in [0.5, 0.6) is 0 Å². The van der Waals surface area contributed by atoms with Crippen LogP contribution in [0.3, 0.4) is 0 Å². The van der Waals surface area contributed by atoms with Gasteiger partial charge in [0.25, 0.3) is 0 Å². The van der Waals surface area contributed by atoms with Gasteiger partial charge < -0.3 is 0 Å². The molecule has 0 aromatic heterocycles. The zero-order chi connectivity index (χ0) is 14.7. The second kappa shape index (κ2) is 9.99. The molecular formula is C19H34N+. The highest BCUT2D eigenvalue weighted by atomic mass is 15.3. The number of quaternary nitrogens is 1. The Morgan fingerprint density at radius 1 is 0.750 bits per heavy atom. The third kappa shape index (κ3) is 6.09. The molecule has 0 fully saturated rings. The van der Waals surface area contributed by atoms with Crippen molar-refractivity contribution in [3.05, 3.63) is 30.3 Å². The van der Waals surface area contributed by atoms with Gasteiger partial charge in [-0.2, -0.15) is 0 Å². The average Bonchev–Trinajstić information content (AvgIpc) is 2.50. The van der Waals surface area contributed by atoms with Crippen LogP contribution in [-0.4, -0.2) is 20.1 Å². The van der Waals surface area contributed by atoms with E-state index >= 15 is 0 Å². The Labute approximate surface area is 126 Å². The standard InChI is InChI=1S/C19H34N/c1-4-6-7-8-9-10-11-15-18-20(3,5-2)19-16-13-12-14-17-19/h12-14,16-17H,4-11,15,18H2,1-3H3/q+1. The predicted molar refractivity (Wildman–Crippen MR) is 92.2 cm³/mol. The van der Waals surface area contributed by atoms with Gasteiger partial charge in [0.15, 0.2) is 0 Å². The van der Waals surface area contributed by atoms with Crippen molar-refractivity contribution in [1.82, 2.24) is 4.48 Å². The molecule has 1 aromatic rings. The van der Waals surface area contributed by atoms with Gasteiger partial charge in [0.2, 0.25) is 0 Å². The summed E-state index contributed by atoms with van der Waals surface area (Å²) in [7, 11) is 2.37. The van der Waals surface area contributed by atoms with Crippen LogP contribution < -0.4 is 4.48 Å². The lowest BCUT2D eigenvalue weighted by molar-refractivity contribution is 0.334. The minimum atomic E-state index is 1.08. The number of hydrogen-bond donors (Lipinski definition) is 0. The number of nitrogens with zero attached hydrogens (tertiary/aromatic N) is 1. The second-order valence-corrected chi connectivity index (χ2v) is 6.25. The maximum atomic E-state index is 2.37. The van der Waals surface area contributed by atoms with Crippen molar-refractivity contribution >= 4 is 5.69 Å². The van der Waals surface area contributed by atoms with Crippen LogP contribution >= 0.6 is 0 Å². The highest BCUT2D eigenvalue weighted by Crippen LogP contribution is 2.21. The number of rotatable bonds is 11. The first-order chi connectivity index (χ1) is 9.73. The van der Waals surface area contributed by atoms with E-state index in [4.69, 9.17) is 0 Å². The summed E-state index contributed by atoms with van der Waals surface area (Å²) in [5.41, 5.74) is 1.46. The zero-order valence-corrected chi connectivity index (χ0v) is 13.9. The monoisotopic (exact) mass is 276 g/mol.